The molecule has 1 aliphatic rings. The van der Waals surface area contributed by atoms with E-state index in [4.69, 9.17) is 5.73 Å². The second-order valence-corrected chi connectivity index (χ2v) is 7.85. The summed E-state index contributed by atoms with van der Waals surface area (Å²) in [5.74, 6) is -0.769. The van der Waals surface area contributed by atoms with E-state index in [1.54, 1.807) is 17.9 Å². The van der Waals surface area contributed by atoms with Gasteiger partial charge in [0, 0.05) is 19.6 Å². The fraction of sp³-hybridized carbons (Fsp3) is 0.500. The highest BCUT2D eigenvalue weighted by molar-refractivity contribution is 5.98. The number of nitrogens with zero attached hydrogens (tertiary/aromatic N) is 3. The molecule has 3 rings (SSSR count). The summed E-state index contributed by atoms with van der Waals surface area (Å²) < 4.78 is 15.9. The van der Waals surface area contributed by atoms with Gasteiger partial charge in [-0.3, -0.25) is 19.1 Å². The molecular weight excluding hydrogens is 401 g/mol. The van der Waals surface area contributed by atoms with Crippen molar-refractivity contribution in [2.45, 2.75) is 53.0 Å². The van der Waals surface area contributed by atoms with Crippen molar-refractivity contribution < 1.29 is 9.18 Å². The number of halogens is 1. The number of nitrogen functional groups attached to an aromatic ring is 1. The number of benzene rings is 1. The van der Waals surface area contributed by atoms with Gasteiger partial charge in [0.25, 0.3) is 5.56 Å². The fourth-order valence-corrected chi connectivity index (χ4v) is 4.17. The summed E-state index contributed by atoms with van der Waals surface area (Å²) in [6.07, 6.45) is 3.12. The molecule has 0 atom stereocenters. The molecule has 8 nitrogen and oxygen atoms in total. The second-order valence-electron chi connectivity index (χ2n) is 7.85. The van der Waals surface area contributed by atoms with Crippen LogP contribution in [0.5, 0.6) is 0 Å². The number of amides is 1. The quantitative estimate of drug-likeness (QED) is 0.699. The maximum atomic E-state index is 14.6. The van der Waals surface area contributed by atoms with Crippen LogP contribution in [0, 0.1) is 12.7 Å². The first-order valence-corrected chi connectivity index (χ1v) is 10.8. The number of anilines is 3. The first-order valence-electron chi connectivity index (χ1n) is 10.8. The van der Waals surface area contributed by atoms with Crippen molar-refractivity contribution in [2.24, 2.45) is 0 Å². The molecule has 2 heterocycles. The minimum atomic E-state index is -0.702. The summed E-state index contributed by atoms with van der Waals surface area (Å²) in [5, 5.41) is 0. The molecule has 1 aromatic carbocycles. The number of hydrogen-bond donors (Lipinski definition) is 2. The Hall–Kier alpha value is -3.10. The lowest BCUT2D eigenvalue weighted by Gasteiger charge is -2.33. The molecule has 0 unspecified atom stereocenters. The average Bonchev–Trinajstić information content (AvgIpc) is 2.73. The number of aromatic nitrogens is 2. The largest absolute Gasteiger partial charge is 0.383 e. The molecule has 2 aromatic rings. The second kappa shape index (κ2) is 9.36. The molecule has 1 aromatic heterocycles. The number of carbonyl (C=O) groups is 1. The van der Waals surface area contributed by atoms with E-state index in [2.05, 4.69) is 4.98 Å². The number of unbranched alkanes of at least 4 members (excludes halogenated alkanes) is 1. The van der Waals surface area contributed by atoms with Crippen LogP contribution in [0.2, 0.25) is 0 Å². The van der Waals surface area contributed by atoms with Crippen molar-refractivity contribution in [2.75, 3.05) is 35.2 Å². The lowest BCUT2D eigenvalue weighted by molar-refractivity contribution is -0.117. The zero-order valence-electron chi connectivity index (χ0n) is 18.3. The summed E-state index contributed by atoms with van der Waals surface area (Å²) in [7, 11) is 0. The molecule has 0 aliphatic carbocycles. The maximum Gasteiger partial charge on any atom is 0.330 e. The van der Waals surface area contributed by atoms with E-state index in [-0.39, 0.29) is 36.3 Å². The number of aryl methyl sites for hydroxylation is 1. The summed E-state index contributed by atoms with van der Waals surface area (Å²) in [4.78, 5) is 43.3. The lowest BCUT2D eigenvalue weighted by Crippen LogP contribution is -2.46. The van der Waals surface area contributed by atoms with Crippen LogP contribution in [0.1, 0.15) is 44.2 Å². The smallest absolute Gasteiger partial charge is 0.330 e. The van der Waals surface area contributed by atoms with Gasteiger partial charge in [0.1, 0.15) is 11.6 Å². The average molecular weight is 432 g/mol. The fourth-order valence-electron chi connectivity index (χ4n) is 4.17. The normalized spacial score (nSPS) is 13.2. The van der Waals surface area contributed by atoms with Crippen LogP contribution in [0.3, 0.4) is 0 Å². The molecule has 0 saturated heterocycles. The highest BCUT2D eigenvalue weighted by atomic mass is 19.1. The zero-order chi connectivity index (χ0) is 22.7. The van der Waals surface area contributed by atoms with Gasteiger partial charge in [-0.1, -0.05) is 19.4 Å². The lowest BCUT2D eigenvalue weighted by atomic mass is 9.96. The standard InChI is InChI=1S/C22H30FN5O3/c1-4-6-12-28-20(24)19(21(30)25-22(28)31)27(5-2)17(29)13-26-11-7-8-15-14(3)9-10-16(23)18(15)26/h9-10H,4-8,11-13,24H2,1-3H3,(H,25,30,31). The van der Waals surface area contributed by atoms with Crippen LogP contribution in [0.25, 0.3) is 0 Å². The van der Waals surface area contributed by atoms with E-state index in [9.17, 15) is 18.8 Å². The van der Waals surface area contributed by atoms with E-state index < -0.39 is 11.2 Å². The number of nitrogens with two attached hydrogens (primary N) is 1. The molecule has 31 heavy (non-hydrogen) atoms. The van der Waals surface area contributed by atoms with E-state index >= 15 is 0 Å². The number of aromatic amines is 1. The van der Waals surface area contributed by atoms with Crippen LogP contribution in [-0.4, -0.2) is 35.1 Å². The van der Waals surface area contributed by atoms with Gasteiger partial charge >= 0.3 is 5.69 Å². The van der Waals surface area contributed by atoms with Crippen molar-refractivity contribution in [1.29, 1.82) is 0 Å². The monoisotopic (exact) mass is 431 g/mol. The van der Waals surface area contributed by atoms with Crippen molar-refractivity contribution in [1.82, 2.24) is 9.55 Å². The maximum absolute atomic E-state index is 14.6. The van der Waals surface area contributed by atoms with Gasteiger partial charge in [-0.25, -0.2) is 9.18 Å². The Morgan fingerprint density at radius 3 is 2.71 bits per heavy atom. The third-order valence-corrected chi connectivity index (χ3v) is 5.80. The third kappa shape index (κ3) is 4.35. The van der Waals surface area contributed by atoms with E-state index in [1.807, 2.05) is 13.8 Å². The summed E-state index contributed by atoms with van der Waals surface area (Å²) in [5.41, 5.74) is 7.19. The van der Waals surface area contributed by atoms with Gasteiger partial charge in [0.15, 0.2) is 5.69 Å². The van der Waals surface area contributed by atoms with Crippen molar-refractivity contribution >= 4 is 23.1 Å². The molecule has 9 heteroatoms. The van der Waals surface area contributed by atoms with Crippen molar-refractivity contribution in [3.8, 4) is 0 Å². The Labute approximate surface area is 180 Å². The van der Waals surface area contributed by atoms with E-state index in [1.165, 1.54) is 15.5 Å². The van der Waals surface area contributed by atoms with Crippen LogP contribution in [-0.2, 0) is 17.8 Å². The molecule has 1 amide bonds. The Morgan fingerprint density at radius 2 is 2.03 bits per heavy atom. The van der Waals surface area contributed by atoms with Crippen molar-refractivity contribution in [3.05, 3.63) is 49.9 Å². The molecular formula is C22H30FN5O3. The number of likely N-dealkylation sites (N-methyl/N-ethyl adjacent to an activating group) is 1. The Kier molecular flexibility index (Phi) is 6.82. The predicted molar refractivity (Wildman–Crippen MR) is 120 cm³/mol. The Balaban J connectivity index is 1.95. The molecule has 0 spiro atoms. The van der Waals surface area contributed by atoms with Crippen molar-refractivity contribution in [3.63, 3.8) is 0 Å². The zero-order valence-corrected chi connectivity index (χ0v) is 18.3. The van der Waals surface area contributed by atoms with Gasteiger partial charge in [-0.05, 0) is 50.3 Å². The minimum Gasteiger partial charge on any atom is -0.383 e. The number of nitrogens with one attached hydrogen (secondary N) is 1. The molecule has 3 N–H and O–H groups in total. The Bertz CT molecular complexity index is 1090. The number of hydrogen-bond acceptors (Lipinski definition) is 5. The SMILES string of the molecule is CCCCn1c(N)c(N(CC)C(=O)CN2CCCc3c(C)ccc(F)c32)c(=O)[nH]c1=O. The van der Waals surface area contributed by atoms with Gasteiger partial charge in [-0.15, -0.1) is 0 Å². The number of carbonyl (C=O) groups excluding carboxylic acids is 1. The molecule has 0 fully saturated rings. The van der Waals surface area contributed by atoms with Gasteiger partial charge < -0.3 is 15.5 Å². The third-order valence-electron chi connectivity index (χ3n) is 5.80. The first kappa shape index (κ1) is 22.6. The molecule has 0 radical (unpaired) electrons. The van der Waals surface area contributed by atoms with Crippen LogP contribution in [0.4, 0.5) is 21.6 Å². The molecule has 168 valence electrons. The van der Waals surface area contributed by atoms with Crippen LogP contribution < -0.4 is 26.8 Å². The topological polar surface area (TPSA) is 104 Å². The van der Waals surface area contributed by atoms with Gasteiger partial charge in [-0.2, -0.15) is 0 Å². The number of H-pyrrole nitrogens is 1. The van der Waals surface area contributed by atoms with Gasteiger partial charge in [0.05, 0.1) is 12.2 Å². The number of fused-ring (bicyclic) bond motifs is 1. The molecule has 1 aliphatic heterocycles. The molecule has 0 bridgehead atoms. The summed E-state index contributed by atoms with van der Waals surface area (Å²) in [6, 6.07) is 3.17. The minimum absolute atomic E-state index is 0.0292. The number of rotatable bonds is 7. The highest BCUT2D eigenvalue weighted by Gasteiger charge is 2.28. The highest BCUT2D eigenvalue weighted by Crippen LogP contribution is 2.32. The predicted octanol–water partition coefficient (Wildman–Crippen LogP) is 2.17. The van der Waals surface area contributed by atoms with Gasteiger partial charge in [0.2, 0.25) is 5.91 Å². The van der Waals surface area contributed by atoms with E-state index in [0.29, 0.717) is 25.2 Å². The summed E-state index contributed by atoms with van der Waals surface area (Å²) >= 11 is 0. The van der Waals surface area contributed by atoms with Crippen LogP contribution >= 0.6 is 0 Å². The molecule has 0 saturated carbocycles. The Morgan fingerprint density at radius 1 is 1.29 bits per heavy atom. The first-order chi connectivity index (χ1) is 14.8. The summed E-state index contributed by atoms with van der Waals surface area (Å²) in [6.45, 7) is 6.63. The van der Waals surface area contributed by atoms with Crippen LogP contribution in [0.15, 0.2) is 21.7 Å². The van der Waals surface area contributed by atoms with E-state index in [0.717, 1.165) is 30.4 Å².